The molecular weight excluding hydrogens is 787 g/mol. The van der Waals surface area contributed by atoms with E-state index in [0.717, 1.165) is 16.5 Å². The van der Waals surface area contributed by atoms with Crippen LogP contribution in [0.5, 0.6) is 0 Å². The molecule has 0 radical (unpaired) electrons. The number of aliphatic hydroxyl groups is 1. The summed E-state index contributed by atoms with van der Waals surface area (Å²) >= 11 is 5.90. The second kappa shape index (κ2) is 18.4. The molecule has 4 fully saturated rings. The molecule has 4 aliphatic rings. The van der Waals surface area contributed by atoms with Gasteiger partial charge in [0.2, 0.25) is 35.4 Å². The summed E-state index contributed by atoms with van der Waals surface area (Å²) in [4.78, 5) is 102. The zero-order valence-corrected chi connectivity index (χ0v) is 34.4. The van der Waals surface area contributed by atoms with E-state index in [2.05, 4.69) is 16.0 Å². The molecule has 0 bridgehead atoms. The number of aryl methyl sites for hydroxylation is 1. The largest absolute Gasteiger partial charge is 0.458 e. The van der Waals surface area contributed by atoms with E-state index < -0.39 is 102 Å². The van der Waals surface area contributed by atoms with E-state index in [0.29, 0.717) is 24.8 Å². The van der Waals surface area contributed by atoms with Crippen LogP contribution in [0.3, 0.4) is 0 Å². The number of esters is 1. The van der Waals surface area contributed by atoms with Gasteiger partial charge in [0.1, 0.15) is 48.2 Å². The van der Waals surface area contributed by atoms with Gasteiger partial charge in [-0.15, -0.1) is 0 Å². The fourth-order valence-corrected chi connectivity index (χ4v) is 8.75. The molecule has 4 saturated heterocycles. The lowest BCUT2D eigenvalue weighted by Crippen LogP contribution is -2.63. The number of nitrogens with one attached hydrogen (secondary N) is 3. The number of ether oxygens (including phenoxy) is 1. The Morgan fingerprint density at radius 3 is 2.41 bits per heavy atom. The molecule has 318 valence electrons. The Bertz CT molecular complexity index is 1990. The number of amides is 6. The summed E-state index contributed by atoms with van der Waals surface area (Å²) < 4.78 is 20.6. The number of nitrogens with zero attached hydrogens (tertiary/aromatic N) is 3. The Hall–Kier alpha value is -5.09. The number of fused-ring (bicyclic) bond motifs is 3. The monoisotopic (exact) mass is 838 g/mol. The van der Waals surface area contributed by atoms with Gasteiger partial charge < -0.3 is 40.5 Å². The molecule has 0 aromatic heterocycles. The molecule has 2 aromatic carbocycles. The zero-order chi connectivity index (χ0) is 42.7. The van der Waals surface area contributed by atoms with E-state index in [1.54, 1.807) is 12.1 Å². The van der Waals surface area contributed by atoms with E-state index in [9.17, 15) is 43.1 Å². The minimum absolute atomic E-state index is 0.0368. The van der Waals surface area contributed by atoms with Gasteiger partial charge in [-0.1, -0.05) is 54.4 Å². The average molecular weight is 839 g/mol. The summed E-state index contributed by atoms with van der Waals surface area (Å²) in [6.45, 7) is 6.76. The molecule has 9 atom stereocenters. The summed E-state index contributed by atoms with van der Waals surface area (Å²) in [5, 5.41) is 19.1. The Balaban J connectivity index is 1.35. The predicted octanol–water partition coefficient (Wildman–Crippen LogP) is 1.57. The second-order valence-electron chi connectivity index (χ2n) is 16.4. The van der Waals surface area contributed by atoms with Gasteiger partial charge >= 0.3 is 5.97 Å². The van der Waals surface area contributed by atoms with Gasteiger partial charge in [-0.2, -0.15) is 0 Å². The molecule has 17 heteroatoms. The van der Waals surface area contributed by atoms with Crippen molar-refractivity contribution in [2.75, 3.05) is 19.6 Å². The number of halogens is 2. The van der Waals surface area contributed by atoms with E-state index in [-0.39, 0.29) is 55.4 Å². The maximum atomic E-state index is 14.8. The predicted molar refractivity (Wildman–Crippen MR) is 212 cm³/mol. The van der Waals surface area contributed by atoms with Crippen LogP contribution in [-0.2, 0) is 51.1 Å². The van der Waals surface area contributed by atoms with Crippen molar-refractivity contribution in [1.29, 1.82) is 0 Å². The van der Waals surface area contributed by atoms with Crippen molar-refractivity contribution >= 4 is 53.0 Å². The van der Waals surface area contributed by atoms with Crippen LogP contribution in [-0.4, -0.2) is 129 Å². The van der Waals surface area contributed by atoms with Crippen molar-refractivity contribution in [2.45, 2.75) is 121 Å². The molecule has 15 nitrogen and oxygen atoms in total. The van der Waals surface area contributed by atoms with Gasteiger partial charge in [-0.3, -0.25) is 28.8 Å². The lowest BCUT2D eigenvalue weighted by Gasteiger charge is -2.39. The number of piperidine rings is 1. The molecule has 4 heterocycles. The molecular formula is C42H52ClFN6O9. The fraction of sp³-hybridized carbons (Fsp3) is 0.548. The first kappa shape index (κ1) is 43.5. The number of carbonyl (C=O) groups excluding carboxylic acids is 7. The Kier molecular flexibility index (Phi) is 13.6. The number of aliphatic hydroxyl groups excluding tert-OH is 1. The summed E-state index contributed by atoms with van der Waals surface area (Å²) in [5.74, 6) is -5.69. The molecule has 2 aromatic rings. The highest BCUT2D eigenvalue weighted by atomic mass is 35.5. The number of rotatable bonds is 7. The average Bonchev–Trinajstić information content (AvgIpc) is 3.78. The molecule has 0 spiro atoms. The van der Waals surface area contributed by atoms with Crippen LogP contribution in [0.15, 0.2) is 42.5 Å². The highest BCUT2D eigenvalue weighted by Crippen LogP contribution is 2.29. The summed E-state index contributed by atoms with van der Waals surface area (Å²) in [6, 6.07) is 3.83. The number of hydrogen-bond donors (Lipinski definition) is 4. The van der Waals surface area contributed by atoms with Gasteiger partial charge in [0.05, 0.1) is 12.5 Å². The number of carbonyl (C=O) groups is 7. The molecule has 0 aliphatic carbocycles. The van der Waals surface area contributed by atoms with Crippen molar-refractivity contribution in [2.24, 2.45) is 5.92 Å². The first-order valence-corrected chi connectivity index (χ1v) is 20.6. The van der Waals surface area contributed by atoms with Gasteiger partial charge in [0.15, 0.2) is 0 Å². The van der Waals surface area contributed by atoms with Gasteiger partial charge in [0.25, 0.3) is 0 Å². The summed E-state index contributed by atoms with van der Waals surface area (Å²) in [5.41, 5.74) is 1.58. The minimum atomic E-state index is -1.65. The Labute approximate surface area is 347 Å². The lowest BCUT2D eigenvalue weighted by atomic mass is 9.98. The Morgan fingerprint density at radius 1 is 0.932 bits per heavy atom. The molecule has 0 saturated carbocycles. The van der Waals surface area contributed by atoms with Crippen LogP contribution < -0.4 is 16.0 Å². The smallest absolute Gasteiger partial charge is 0.329 e. The van der Waals surface area contributed by atoms with Crippen LogP contribution in [0, 0.1) is 18.7 Å². The quantitative estimate of drug-likeness (QED) is 0.300. The van der Waals surface area contributed by atoms with E-state index >= 15 is 0 Å². The van der Waals surface area contributed by atoms with E-state index in [1.165, 1.54) is 35.8 Å². The standard InChI is InChI=1S/C42H52ClFN6O9/c1-22-8-7-9-26(14-22)16-31(46-35(52)17-27-11-12-28(43)18-30(27)44)37(53)47-36-25(4)59-42(58)34-15-23(2)20-49(34)39(55)24(3)45-38(54)32-10-5-6-13-48(32)40(56)33-19-29(51)21-50(33)41(36)57/h7-9,11-12,14,18,23-25,29,31-34,36,51H,5-6,10,13,15-17,19-21H2,1-4H3,(H,45,54)(H,46,52)(H,47,53)/t23-,24-,25-,29+,31-,32-,33-,34-,36-/m0/s1. The molecule has 59 heavy (non-hydrogen) atoms. The maximum absolute atomic E-state index is 14.8. The van der Waals surface area contributed by atoms with Crippen molar-refractivity contribution in [1.82, 2.24) is 30.7 Å². The molecule has 4 aliphatic heterocycles. The first-order valence-electron chi connectivity index (χ1n) is 20.2. The van der Waals surface area contributed by atoms with Gasteiger partial charge in [-0.25, -0.2) is 9.18 Å². The maximum Gasteiger partial charge on any atom is 0.329 e. The Morgan fingerprint density at radius 2 is 1.68 bits per heavy atom. The van der Waals surface area contributed by atoms with Crippen LogP contribution in [0.25, 0.3) is 0 Å². The van der Waals surface area contributed by atoms with Crippen LogP contribution in [0.1, 0.15) is 69.6 Å². The first-order chi connectivity index (χ1) is 28.0. The molecule has 6 rings (SSSR count). The topological polar surface area (TPSA) is 195 Å². The zero-order valence-electron chi connectivity index (χ0n) is 33.6. The molecule has 4 N–H and O–H groups in total. The fourth-order valence-electron chi connectivity index (χ4n) is 8.59. The second-order valence-corrected chi connectivity index (χ2v) is 16.8. The van der Waals surface area contributed by atoms with E-state index in [4.69, 9.17) is 16.3 Å². The third-order valence-electron chi connectivity index (χ3n) is 11.6. The minimum Gasteiger partial charge on any atom is -0.458 e. The van der Waals surface area contributed by atoms with Crippen LogP contribution in [0.2, 0.25) is 5.02 Å². The van der Waals surface area contributed by atoms with Gasteiger partial charge in [-0.05, 0) is 75.6 Å². The number of benzene rings is 2. The third kappa shape index (κ3) is 10.0. The number of cyclic esters (lactones) is 1. The van der Waals surface area contributed by atoms with Gasteiger partial charge in [0, 0.05) is 37.5 Å². The SMILES string of the molecule is Cc1cccc(C[C@H](NC(=O)Cc2ccc(Cl)cc2F)C(=O)N[C@@H]2C(=O)N3C[C@H](O)C[C@H]3C(=O)N3CCCC[C@H]3C(=O)N[C@@H](C)C(=O)N3C[C@@H](C)C[C@H]3C(=O)O[C@H]2C)c1. The van der Waals surface area contributed by atoms with Crippen molar-refractivity contribution in [3.63, 3.8) is 0 Å². The van der Waals surface area contributed by atoms with Crippen LogP contribution in [0.4, 0.5) is 4.39 Å². The van der Waals surface area contributed by atoms with Crippen LogP contribution >= 0.6 is 11.6 Å². The van der Waals surface area contributed by atoms with E-state index in [1.807, 2.05) is 26.0 Å². The lowest BCUT2D eigenvalue weighted by molar-refractivity contribution is -0.163. The van der Waals surface area contributed by atoms with Crippen molar-refractivity contribution in [3.05, 3.63) is 70.0 Å². The highest BCUT2D eigenvalue weighted by molar-refractivity contribution is 6.30. The molecule has 6 amide bonds. The third-order valence-corrected chi connectivity index (χ3v) is 11.8. The summed E-state index contributed by atoms with van der Waals surface area (Å²) in [6.07, 6.45) is -1.37. The summed E-state index contributed by atoms with van der Waals surface area (Å²) in [7, 11) is 0. The van der Waals surface area contributed by atoms with Crippen molar-refractivity contribution < 1.29 is 47.8 Å². The normalized spacial score (nSPS) is 28.6. The molecule has 0 unspecified atom stereocenters. The van der Waals surface area contributed by atoms with Crippen molar-refractivity contribution in [3.8, 4) is 0 Å². The number of hydrogen-bond acceptors (Lipinski definition) is 9. The highest BCUT2D eigenvalue weighted by Gasteiger charge is 2.49.